The maximum Gasteiger partial charge on any atom is 0.143 e. The molecule has 2 N–H and O–H groups in total. The molecule has 0 saturated heterocycles. The van der Waals surface area contributed by atoms with Crippen LogP contribution in [0.5, 0.6) is 0 Å². The standard InChI is InChI=1S/C12H15ClFNS/c13-9-5-12(11(15)6-10(9)14)16-7-8-3-1-2-4-8/h5-6,8H,1-4,7,15H2. The average Bonchev–Trinajstić information content (AvgIpc) is 2.74. The van der Waals surface area contributed by atoms with Gasteiger partial charge in [0.25, 0.3) is 0 Å². The molecule has 1 aliphatic rings. The highest BCUT2D eigenvalue weighted by molar-refractivity contribution is 7.99. The summed E-state index contributed by atoms with van der Waals surface area (Å²) in [6.45, 7) is 0. The Morgan fingerprint density at radius 3 is 2.75 bits per heavy atom. The highest BCUT2D eigenvalue weighted by atomic mass is 35.5. The van der Waals surface area contributed by atoms with E-state index >= 15 is 0 Å². The van der Waals surface area contributed by atoms with Gasteiger partial charge in [0.15, 0.2) is 0 Å². The van der Waals surface area contributed by atoms with E-state index in [9.17, 15) is 4.39 Å². The minimum Gasteiger partial charge on any atom is -0.398 e. The Kier molecular flexibility index (Phi) is 3.98. The van der Waals surface area contributed by atoms with E-state index in [-0.39, 0.29) is 5.02 Å². The number of benzene rings is 1. The molecule has 0 heterocycles. The molecule has 1 aromatic carbocycles. The first-order chi connectivity index (χ1) is 7.66. The Balaban J connectivity index is 2.00. The fourth-order valence-electron chi connectivity index (χ4n) is 2.05. The molecule has 2 rings (SSSR count). The third-order valence-electron chi connectivity index (χ3n) is 3.00. The van der Waals surface area contributed by atoms with Crippen LogP contribution in [0.4, 0.5) is 10.1 Å². The number of hydrogen-bond donors (Lipinski definition) is 1. The van der Waals surface area contributed by atoms with E-state index in [1.54, 1.807) is 17.8 Å². The lowest BCUT2D eigenvalue weighted by Gasteiger charge is -2.10. The van der Waals surface area contributed by atoms with Gasteiger partial charge in [-0.15, -0.1) is 11.8 Å². The summed E-state index contributed by atoms with van der Waals surface area (Å²) in [4.78, 5) is 0.901. The molecule has 16 heavy (non-hydrogen) atoms. The zero-order valence-electron chi connectivity index (χ0n) is 9.01. The number of anilines is 1. The van der Waals surface area contributed by atoms with Crippen LogP contribution in [0.15, 0.2) is 17.0 Å². The van der Waals surface area contributed by atoms with Gasteiger partial charge in [-0.2, -0.15) is 0 Å². The first kappa shape index (κ1) is 12.1. The molecule has 4 heteroatoms. The van der Waals surface area contributed by atoms with E-state index in [0.717, 1.165) is 16.6 Å². The molecule has 0 spiro atoms. The van der Waals surface area contributed by atoms with Crippen molar-refractivity contribution in [1.29, 1.82) is 0 Å². The van der Waals surface area contributed by atoms with E-state index in [1.165, 1.54) is 31.7 Å². The Hall–Kier alpha value is -0.410. The first-order valence-corrected chi connectivity index (χ1v) is 6.90. The van der Waals surface area contributed by atoms with Gasteiger partial charge in [0, 0.05) is 16.3 Å². The molecule has 0 radical (unpaired) electrons. The van der Waals surface area contributed by atoms with Crippen LogP contribution < -0.4 is 5.73 Å². The Morgan fingerprint density at radius 2 is 2.06 bits per heavy atom. The molecule has 0 aliphatic heterocycles. The molecule has 1 saturated carbocycles. The molecule has 0 bridgehead atoms. The minimum absolute atomic E-state index is 0.156. The number of rotatable bonds is 3. The largest absolute Gasteiger partial charge is 0.398 e. The molecule has 1 aliphatic carbocycles. The third-order valence-corrected chi connectivity index (χ3v) is 4.59. The predicted octanol–water partition coefficient (Wildman–Crippen LogP) is 4.34. The second-order valence-corrected chi connectivity index (χ2v) is 5.73. The van der Waals surface area contributed by atoms with Crippen molar-refractivity contribution in [3.63, 3.8) is 0 Å². The Bertz CT molecular complexity index is 378. The second-order valence-electron chi connectivity index (χ2n) is 4.27. The summed E-state index contributed by atoms with van der Waals surface area (Å²) in [6, 6.07) is 2.94. The van der Waals surface area contributed by atoms with Gasteiger partial charge in [-0.1, -0.05) is 24.4 Å². The monoisotopic (exact) mass is 259 g/mol. The van der Waals surface area contributed by atoms with Crippen LogP contribution in [0.2, 0.25) is 5.02 Å². The number of halogens is 2. The summed E-state index contributed by atoms with van der Waals surface area (Å²) >= 11 is 7.43. The van der Waals surface area contributed by atoms with Crippen LogP contribution in [0, 0.1) is 11.7 Å². The van der Waals surface area contributed by atoms with Crippen molar-refractivity contribution in [2.75, 3.05) is 11.5 Å². The summed E-state index contributed by atoms with van der Waals surface area (Å²) in [5.74, 6) is 1.41. The minimum atomic E-state index is -0.440. The van der Waals surface area contributed by atoms with E-state index in [0.29, 0.717) is 5.69 Å². The van der Waals surface area contributed by atoms with Crippen molar-refractivity contribution < 1.29 is 4.39 Å². The van der Waals surface area contributed by atoms with E-state index in [2.05, 4.69) is 0 Å². The quantitative estimate of drug-likeness (QED) is 0.645. The van der Waals surface area contributed by atoms with Crippen LogP contribution in [0.1, 0.15) is 25.7 Å². The molecule has 0 amide bonds. The molecule has 1 nitrogen and oxygen atoms in total. The van der Waals surface area contributed by atoms with Crippen molar-refractivity contribution in [3.05, 3.63) is 23.0 Å². The van der Waals surface area contributed by atoms with E-state index in [1.807, 2.05) is 0 Å². The summed E-state index contributed by atoms with van der Waals surface area (Å²) in [7, 11) is 0. The molecular weight excluding hydrogens is 245 g/mol. The van der Waals surface area contributed by atoms with Gasteiger partial charge in [0.1, 0.15) is 5.82 Å². The van der Waals surface area contributed by atoms with Crippen molar-refractivity contribution in [2.24, 2.45) is 5.92 Å². The van der Waals surface area contributed by atoms with Gasteiger partial charge in [0.05, 0.1) is 5.02 Å². The van der Waals surface area contributed by atoms with Crippen LogP contribution in [-0.4, -0.2) is 5.75 Å². The van der Waals surface area contributed by atoms with Gasteiger partial charge < -0.3 is 5.73 Å². The van der Waals surface area contributed by atoms with Gasteiger partial charge in [0.2, 0.25) is 0 Å². The maximum absolute atomic E-state index is 13.1. The number of nitrogens with two attached hydrogens (primary N) is 1. The summed E-state index contributed by atoms with van der Waals surface area (Å²) in [5, 5.41) is 0.156. The smallest absolute Gasteiger partial charge is 0.143 e. The van der Waals surface area contributed by atoms with Gasteiger partial charge in [-0.05, 0) is 30.9 Å². The predicted molar refractivity (Wildman–Crippen MR) is 68.5 cm³/mol. The topological polar surface area (TPSA) is 26.0 Å². The summed E-state index contributed by atoms with van der Waals surface area (Å²) in [5.41, 5.74) is 6.25. The number of thioether (sulfide) groups is 1. The van der Waals surface area contributed by atoms with Crippen molar-refractivity contribution in [1.82, 2.24) is 0 Å². The summed E-state index contributed by atoms with van der Waals surface area (Å²) in [6.07, 6.45) is 5.29. The van der Waals surface area contributed by atoms with Gasteiger partial charge >= 0.3 is 0 Å². The lowest BCUT2D eigenvalue weighted by Crippen LogP contribution is -1.98. The van der Waals surface area contributed by atoms with Crippen LogP contribution in [0.3, 0.4) is 0 Å². The zero-order chi connectivity index (χ0) is 11.5. The fraction of sp³-hybridized carbons (Fsp3) is 0.500. The van der Waals surface area contributed by atoms with E-state index in [4.69, 9.17) is 17.3 Å². The third kappa shape index (κ3) is 2.83. The highest BCUT2D eigenvalue weighted by Gasteiger charge is 2.16. The van der Waals surface area contributed by atoms with Gasteiger partial charge in [-0.3, -0.25) is 0 Å². The van der Waals surface area contributed by atoms with Crippen molar-refractivity contribution in [3.8, 4) is 0 Å². The maximum atomic E-state index is 13.1. The van der Waals surface area contributed by atoms with E-state index < -0.39 is 5.82 Å². The molecule has 1 fully saturated rings. The van der Waals surface area contributed by atoms with Crippen molar-refractivity contribution >= 4 is 29.1 Å². The lowest BCUT2D eigenvalue weighted by atomic mass is 10.1. The lowest BCUT2D eigenvalue weighted by molar-refractivity contribution is 0.622. The highest BCUT2D eigenvalue weighted by Crippen LogP contribution is 2.35. The normalized spacial score (nSPS) is 16.9. The second kappa shape index (κ2) is 5.28. The Morgan fingerprint density at radius 1 is 1.38 bits per heavy atom. The zero-order valence-corrected chi connectivity index (χ0v) is 10.6. The molecule has 0 aromatic heterocycles. The van der Waals surface area contributed by atoms with Gasteiger partial charge in [-0.25, -0.2) is 4.39 Å². The molecule has 1 aromatic rings. The first-order valence-electron chi connectivity index (χ1n) is 5.54. The molecular formula is C12H15ClFNS. The average molecular weight is 260 g/mol. The SMILES string of the molecule is Nc1cc(F)c(Cl)cc1SCC1CCCC1. The summed E-state index contributed by atoms with van der Waals surface area (Å²) < 4.78 is 13.1. The Labute approximate surface area is 105 Å². The fourth-order valence-corrected chi connectivity index (χ4v) is 3.46. The van der Waals surface area contributed by atoms with Crippen LogP contribution in [-0.2, 0) is 0 Å². The van der Waals surface area contributed by atoms with Crippen LogP contribution in [0.25, 0.3) is 0 Å². The molecule has 0 atom stereocenters. The molecule has 0 unspecified atom stereocenters. The number of nitrogen functional groups attached to an aromatic ring is 1. The van der Waals surface area contributed by atoms with Crippen LogP contribution >= 0.6 is 23.4 Å². The molecule has 88 valence electrons. The number of hydrogen-bond acceptors (Lipinski definition) is 2. The van der Waals surface area contributed by atoms with Crippen molar-refractivity contribution in [2.45, 2.75) is 30.6 Å².